The standard InChI is InChI=1S/C34H30F2N2O3S/c1-2-19-34(35,36)31-22-33(39)37-32-18-15-28(21-30(31)32)20-25-13-16-29(17-14-25)42(40,41)38(23-26-9-5-3-6-10-26)24-27-11-7-4-8-12-27/h2-19,21-22H,20,23-24H2,1H3,(H,37,39)/b19-2+. The Balaban J connectivity index is 1.42. The van der Waals surface area contributed by atoms with E-state index in [1.165, 1.54) is 17.3 Å². The van der Waals surface area contributed by atoms with Crippen molar-refractivity contribution in [2.24, 2.45) is 0 Å². The Morgan fingerprint density at radius 2 is 1.33 bits per heavy atom. The summed E-state index contributed by atoms with van der Waals surface area (Å²) in [5.41, 5.74) is 2.69. The second kappa shape index (κ2) is 12.2. The highest BCUT2D eigenvalue weighted by Gasteiger charge is 2.30. The number of nitrogens with zero attached hydrogens (tertiary/aromatic N) is 1. The van der Waals surface area contributed by atoms with Gasteiger partial charge < -0.3 is 4.98 Å². The van der Waals surface area contributed by atoms with Crippen molar-refractivity contribution in [2.45, 2.75) is 37.3 Å². The van der Waals surface area contributed by atoms with Crippen molar-refractivity contribution >= 4 is 20.9 Å². The number of aromatic nitrogens is 1. The topological polar surface area (TPSA) is 70.2 Å². The molecular formula is C34H30F2N2O3S. The molecule has 0 bridgehead atoms. The molecule has 0 atom stereocenters. The van der Waals surface area contributed by atoms with Crippen molar-refractivity contribution in [3.05, 3.63) is 160 Å². The van der Waals surface area contributed by atoms with Gasteiger partial charge in [-0.1, -0.05) is 84.9 Å². The molecule has 42 heavy (non-hydrogen) atoms. The van der Waals surface area contributed by atoms with Crippen LogP contribution in [0.25, 0.3) is 10.9 Å². The lowest BCUT2D eigenvalue weighted by atomic mass is 9.98. The smallest absolute Gasteiger partial charge is 0.292 e. The number of hydrogen-bond donors (Lipinski definition) is 1. The van der Waals surface area contributed by atoms with Gasteiger partial charge in [0.2, 0.25) is 15.6 Å². The minimum absolute atomic E-state index is 0.169. The lowest BCUT2D eigenvalue weighted by molar-refractivity contribution is 0.0535. The maximum Gasteiger partial charge on any atom is 0.292 e. The molecule has 5 rings (SSSR count). The molecule has 0 amide bonds. The molecule has 1 heterocycles. The van der Waals surface area contributed by atoms with Crippen LogP contribution in [-0.4, -0.2) is 17.7 Å². The van der Waals surface area contributed by atoms with E-state index in [9.17, 15) is 22.0 Å². The van der Waals surface area contributed by atoms with Crippen LogP contribution in [0.2, 0.25) is 0 Å². The van der Waals surface area contributed by atoms with E-state index in [1.54, 1.807) is 42.5 Å². The fraction of sp³-hybridized carbons (Fsp3) is 0.147. The maximum atomic E-state index is 14.8. The summed E-state index contributed by atoms with van der Waals surface area (Å²) < 4.78 is 58.7. The van der Waals surface area contributed by atoms with Crippen LogP contribution >= 0.6 is 0 Å². The maximum absolute atomic E-state index is 14.8. The zero-order valence-corrected chi connectivity index (χ0v) is 23.8. The fourth-order valence-corrected chi connectivity index (χ4v) is 6.37. The van der Waals surface area contributed by atoms with E-state index in [1.807, 2.05) is 60.7 Å². The Hall–Kier alpha value is -4.40. The lowest BCUT2D eigenvalue weighted by Gasteiger charge is -2.23. The average Bonchev–Trinajstić information content (AvgIpc) is 2.98. The van der Waals surface area contributed by atoms with Crippen molar-refractivity contribution in [1.82, 2.24) is 9.29 Å². The summed E-state index contributed by atoms with van der Waals surface area (Å²) in [6, 6.07) is 31.5. The predicted molar refractivity (Wildman–Crippen MR) is 162 cm³/mol. The summed E-state index contributed by atoms with van der Waals surface area (Å²) in [5.74, 6) is -3.30. The monoisotopic (exact) mass is 584 g/mol. The third-order valence-corrected chi connectivity index (χ3v) is 8.82. The van der Waals surface area contributed by atoms with Crippen LogP contribution in [-0.2, 0) is 35.5 Å². The second-order valence-electron chi connectivity index (χ2n) is 10.1. The van der Waals surface area contributed by atoms with E-state index in [4.69, 9.17) is 0 Å². The normalized spacial score (nSPS) is 12.4. The van der Waals surface area contributed by atoms with Crippen LogP contribution in [0.5, 0.6) is 0 Å². The summed E-state index contributed by atoms with van der Waals surface area (Å²) in [5, 5.41) is 0.256. The largest absolute Gasteiger partial charge is 0.322 e. The SMILES string of the molecule is C/C=C/C(F)(F)c1cc(=O)[nH]c2ccc(Cc3ccc(S(=O)(=O)N(Cc4ccccc4)Cc4ccccc4)cc3)cc12. The number of fused-ring (bicyclic) bond motifs is 1. The molecule has 0 fully saturated rings. The number of H-pyrrole nitrogens is 1. The van der Waals surface area contributed by atoms with Gasteiger partial charge in [0.15, 0.2) is 0 Å². The third-order valence-electron chi connectivity index (χ3n) is 7.02. The number of rotatable bonds is 10. The molecule has 0 aliphatic carbocycles. The quantitative estimate of drug-likeness (QED) is 0.177. The van der Waals surface area contributed by atoms with E-state index in [0.29, 0.717) is 11.9 Å². The van der Waals surface area contributed by atoms with Gasteiger partial charge in [0.1, 0.15) is 0 Å². The molecule has 0 saturated heterocycles. The van der Waals surface area contributed by atoms with E-state index >= 15 is 0 Å². The Labute approximate surface area is 243 Å². The van der Waals surface area contributed by atoms with Crippen molar-refractivity contribution in [1.29, 1.82) is 0 Å². The van der Waals surface area contributed by atoms with E-state index in [0.717, 1.165) is 34.4 Å². The van der Waals surface area contributed by atoms with Crippen LogP contribution in [0.1, 0.15) is 34.7 Å². The zero-order chi connectivity index (χ0) is 29.7. The van der Waals surface area contributed by atoms with Gasteiger partial charge in [0.25, 0.3) is 5.92 Å². The minimum Gasteiger partial charge on any atom is -0.322 e. The number of aromatic amines is 1. The molecule has 0 unspecified atom stereocenters. The van der Waals surface area contributed by atoms with Crippen LogP contribution < -0.4 is 5.56 Å². The fourth-order valence-electron chi connectivity index (χ4n) is 4.95. The van der Waals surface area contributed by atoms with Gasteiger partial charge in [-0.15, -0.1) is 0 Å². The number of benzene rings is 4. The van der Waals surface area contributed by atoms with E-state index < -0.39 is 21.5 Å². The number of hydrogen-bond acceptors (Lipinski definition) is 3. The molecule has 5 aromatic rings. The molecule has 8 heteroatoms. The highest BCUT2D eigenvalue weighted by Crippen LogP contribution is 2.34. The zero-order valence-electron chi connectivity index (χ0n) is 23.0. The van der Waals surface area contributed by atoms with Crippen molar-refractivity contribution < 1.29 is 17.2 Å². The van der Waals surface area contributed by atoms with Crippen LogP contribution in [0.4, 0.5) is 8.78 Å². The molecule has 1 N–H and O–H groups in total. The number of pyridine rings is 1. The molecule has 0 radical (unpaired) electrons. The Kier molecular flexibility index (Phi) is 8.47. The average molecular weight is 585 g/mol. The number of halogens is 2. The number of allylic oxidation sites excluding steroid dienone is 2. The Morgan fingerprint density at radius 3 is 1.90 bits per heavy atom. The van der Waals surface area contributed by atoms with Crippen LogP contribution in [0.3, 0.4) is 0 Å². The van der Waals surface area contributed by atoms with Gasteiger partial charge >= 0.3 is 0 Å². The molecule has 214 valence electrons. The molecule has 4 aromatic carbocycles. The molecule has 1 aromatic heterocycles. The summed E-state index contributed by atoms with van der Waals surface area (Å²) in [6.07, 6.45) is 2.42. The first-order valence-corrected chi connectivity index (χ1v) is 14.9. The van der Waals surface area contributed by atoms with E-state index in [-0.39, 0.29) is 28.9 Å². The highest BCUT2D eigenvalue weighted by atomic mass is 32.2. The van der Waals surface area contributed by atoms with Gasteiger partial charge in [-0.25, -0.2) is 8.42 Å². The van der Waals surface area contributed by atoms with Gasteiger partial charge in [-0.05, 0) is 65.9 Å². The first-order chi connectivity index (χ1) is 20.2. The van der Waals surface area contributed by atoms with Crippen molar-refractivity contribution in [3.63, 3.8) is 0 Å². The van der Waals surface area contributed by atoms with Crippen LogP contribution in [0, 0.1) is 0 Å². The van der Waals surface area contributed by atoms with Gasteiger partial charge in [0, 0.05) is 35.6 Å². The predicted octanol–water partition coefficient (Wildman–Crippen LogP) is 7.18. The summed E-state index contributed by atoms with van der Waals surface area (Å²) in [6.45, 7) is 1.94. The summed E-state index contributed by atoms with van der Waals surface area (Å²) in [7, 11) is -3.84. The first kappa shape index (κ1) is 29.1. The first-order valence-electron chi connectivity index (χ1n) is 13.5. The third kappa shape index (κ3) is 6.56. The molecule has 5 nitrogen and oxygen atoms in total. The number of nitrogens with one attached hydrogen (secondary N) is 1. The summed E-state index contributed by atoms with van der Waals surface area (Å²) >= 11 is 0. The Bertz CT molecular complexity index is 1830. The minimum atomic E-state index is -3.84. The molecule has 0 aliphatic heterocycles. The van der Waals surface area contributed by atoms with Crippen molar-refractivity contribution in [2.75, 3.05) is 0 Å². The molecule has 0 saturated carbocycles. The Morgan fingerprint density at radius 1 is 0.762 bits per heavy atom. The van der Waals surface area contributed by atoms with E-state index in [2.05, 4.69) is 4.98 Å². The number of sulfonamides is 1. The van der Waals surface area contributed by atoms with Crippen molar-refractivity contribution in [3.8, 4) is 0 Å². The lowest BCUT2D eigenvalue weighted by Crippen LogP contribution is -2.30. The second-order valence-corrected chi connectivity index (χ2v) is 12.1. The molecule has 0 aliphatic rings. The molecule has 0 spiro atoms. The van der Waals surface area contributed by atoms with Gasteiger partial charge in [-0.2, -0.15) is 13.1 Å². The van der Waals surface area contributed by atoms with Gasteiger partial charge in [-0.3, -0.25) is 4.79 Å². The number of alkyl halides is 2. The molecular weight excluding hydrogens is 554 g/mol. The van der Waals surface area contributed by atoms with Crippen LogP contribution in [0.15, 0.2) is 131 Å². The van der Waals surface area contributed by atoms with Gasteiger partial charge in [0.05, 0.1) is 4.90 Å². The summed E-state index contributed by atoms with van der Waals surface area (Å²) in [4.78, 5) is 14.8. The highest BCUT2D eigenvalue weighted by molar-refractivity contribution is 7.89.